The van der Waals surface area contributed by atoms with E-state index < -0.39 is 0 Å². The lowest BCUT2D eigenvalue weighted by molar-refractivity contribution is 0.186. The lowest BCUT2D eigenvalue weighted by atomic mass is 10.1. The van der Waals surface area contributed by atoms with Gasteiger partial charge < -0.3 is 19.9 Å². The summed E-state index contributed by atoms with van der Waals surface area (Å²) >= 11 is 0. The molecule has 140 valence electrons. The van der Waals surface area contributed by atoms with Crippen LogP contribution in [0.5, 0.6) is 0 Å². The number of rotatable bonds is 7. The first-order chi connectivity index (χ1) is 11.4. The fourth-order valence-electron chi connectivity index (χ4n) is 2.77. The summed E-state index contributed by atoms with van der Waals surface area (Å²) in [5.41, 5.74) is 2.38. The fourth-order valence-corrected chi connectivity index (χ4v) is 2.77. The Kier molecular flexibility index (Phi) is 9.66. The third kappa shape index (κ3) is 5.78. The zero-order valence-corrected chi connectivity index (χ0v) is 15.9. The van der Waals surface area contributed by atoms with Crippen molar-refractivity contribution in [2.24, 2.45) is 0 Å². The molecule has 2 aromatic rings. The van der Waals surface area contributed by atoms with E-state index >= 15 is 0 Å². The van der Waals surface area contributed by atoms with Crippen LogP contribution in [-0.2, 0) is 30.5 Å². The van der Waals surface area contributed by atoms with Gasteiger partial charge in [0.15, 0.2) is 0 Å². The van der Waals surface area contributed by atoms with E-state index in [0.717, 1.165) is 62.8 Å². The normalized spacial score (nSPS) is 13.2. The van der Waals surface area contributed by atoms with Gasteiger partial charge in [0.1, 0.15) is 24.3 Å². The molecule has 8 nitrogen and oxygen atoms in total. The average molecular weight is 390 g/mol. The molecular formula is C15H25Cl2N7O. The number of aromatic nitrogens is 5. The molecule has 2 aromatic heterocycles. The summed E-state index contributed by atoms with van der Waals surface area (Å²) in [5.74, 6) is 1.90. The van der Waals surface area contributed by atoms with E-state index in [4.69, 9.17) is 4.74 Å². The predicted molar refractivity (Wildman–Crippen MR) is 101 cm³/mol. The van der Waals surface area contributed by atoms with Crippen molar-refractivity contribution in [1.82, 2.24) is 30.0 Å². The summed E-state index contributed by atoms with van der Waals surface area (Å²) in [6.07, 6.45) is 6.10. The van der Waals surface area contributed by atoms with Gasteiger partial charge in [-0.1, -0.05) is 0 Å². The van der Waals surface area contributed by atoms with E-state index in [1.807, 2.05) is 4.57 Å². The molecule has 0 saturated heterocycles. The Labute approximate surface area is 160 Å². The molecule has 0 atom stereocenters. The van der Waals surface area contributed by atoms with E-state index in [1.54, 1.807) is 19.8 Å². The molecule has 0 amide bonds. The van der Waals surface area contributed by atoms with E-state index in [1.165, 1.54) is 5.56 Å². The molecule has 3 heterocycles. The molecule has 1 aliphatic rings. The Morgan fingerprint density at radius 3 is 2.92 bits per heavy atom. The number of ether oxygens (including phenoxy) is 1. The zero-order valence-electron chi connectivity index (χ0n) is 14.3. The average Bonchev–Trinajstić information content (AvgIpc) is 2.87. The highest BCUT2D eigenvalue weighted by atomic mass is 35.5. The van der Waals surface area contributed by atoms with Crippen molar-refractivity contribution in [2.45, 2.75) is 25.8 Å². The van der Waals surface area contributed by atoms with E-state index in [9.17, 15) is 0 Å². The van der Waals surface area contributed by atoms with Crippen LogP contribution in [0.25, 0.3) is 0 Å². The summed E-state index contributed by atoms with van der Waals surface area (Å²) in [5, 5.41) is 15.0. The minimum absolute atomic E-state index is 0. The van der Waals surface area contributed by atoms with E-state index in [0.29, 0.717) is 6.61 Å². The Bertz CT molecular complexity index is 638. The van der Waals surface area contributed by atoms with Crippen LogP contribution in [0.3, 0.4) is 0 Å². The number of halogens is 2. The van der Waals surface area contributed by atoms with Crippen LogP contribution in [-0.4, -0.2) is 58.1 Å². The van der Waals surface area contributed by atoms with Crippen molar-refractivity contribution in [3.8, 4) is 0 Å². The third-order valence-corrected chi connectivity index (χ3v) is 4.00. The molecule has 2 N–H and O–H groups in total. The molecular weight excluding hydrogens is 365 g/mol. The van der Waals surface area contributed by atoms with E-state index in [2.05, 4.69) is 30.8 Å². The maximum absolute atomic E-state index is 5.10. The number of nitrogens with zero attached hydrogens (tertiary/aromatic N) is 5. The lowest BCUT2D eigenvalue weighted by Crippen LogP contribution is -2.16. The minimum atomic E-state index is 0. The highest BCUT2D eigenvalue weighted by Crippen LogP contribution is 2.18. The van der Waals surface area contributed by atoms with Gasteiger partial charge in [-0.15, -0.1) is 35.0 Å². The maximum atomic E-state index is 5.10. The first-order valence-corrected chi connectivity index (χ1v) is 8.01. The summed E-state index contributed by atoms with van der Waals surface area (Å²) in [6, 6.07) is 0. The molecule has 0 saturated carbocycles. The van der Waals surface area contributed by atoms with Gasteiger partial charge in [0, 0.05) is 45.1 Å². The standard InChI is InChI=1S/C15H23N7O.2ClH/c1-23-9-8-22-11-20-21-14(22)4-7-17-15-12-2-5-16-6-3-13(12)18-10-19-15;;/h10-11,16H,2-9H2,1H3,(H,17,18,19);2*1H. The van der Waals surface area contributed by atoms with Gasteiger partial charge >= 0.3 is 0 Å². The SMILES string of the molecule is COCCn1cnnc1CCNc1ncnc2c1CCNCC2.Cl.Cl. The van der Waals surface area contributed by atoms with Crippen molar-refractivity contribution in [2.75, 3.05) is 38.7 Å². The number of hydrogen-bond acceptors (Lipinski definition) is 7. The molecule has 0 aromatic carbocycles. The fraction of sp³-hybridized carbons (Fsp3) is 0.600. The van der Waals surface area contributed by atoms with Crippen LogP contribution in [0.2, 0.25) is 0 Å². The Balaban J connectivity index is 0.00000156. The minimum Gasteiger partial charge on any atom is -0.383 e. The number of anilines is 1. The van der Waals surface area contributed by atoms with Crippen LogP contribution >= 0.6 is 24.8 Å². The van der Waals surface area contributed by atoms with Gasteiger partial charge in [0.05, 0.1) is 12.3 Å². The number of nitrogens with one attached hydrogen (secondary N) is 2. The summed E-state index contributed by atoms with van der Waals surface area (Å²) < 4.78 is 7.13. The predicted octanol–water partition coefficient (Wildman–Crippen LogP) is 0.901. The monoisotopic (exact) mass is 389 g/mol. The molecule has 0 aliphatic carbocycles. The van der Waals surface area contributed by atoms with Crippen molar-refractivity contribution in [3.63, 3.8) is 0 Å². The van der Waals surface area contributed by atoms with Gasteiger partial charge in [-0.2, -0.15) is 0 Å². The van der Waals surface area contributed by atoms with Gasteiger partial charge in [0.25, 0.3) is 0 Å². The van der Waals surface area contributed by atoms with Crippen LogP contribution < -0.4 is 10.6 Å². The van der Waals surface area contributed by atoms with Crippen molar-refractivity contribution >= 4 is 30.6 Å². The van der Waals surface area contributed by atoms with Crippen molar-refractivity contribution < 1.29 is 4.74 Å². The van der Waals surface area contributed by atoms with Gasteiger partial charge in [-0.3, -0.25) is 0 Å². The quantitative estimate of drug-likeness (QED) is 0.726. The second-order valence-corrected chi connectivity index (χ2v) is 5.51. The molecule has 3 rings (SSSR count). The first-order valence-electron chi connectivity index (χ1n) is 8.01. The van der Waals surface area contributed by atoms with Gasteiger partial charge in [0.2, 0.25) is 0 Å². The first kappa shape index (κ1) is 21.6. The van der Waals surface area contributed by atoms with E-state index in [-0.39, 0.29) is 24.8 Å². The van der Waals surface area contributed by atoms with Crippen LogP contribution in [0.1, 0.15) is 17.1 Å². The number of methoxy groups -OCH3 is 1. The molecule has 10 heteroatoms. The van der Waals surface area contributed by atoms with Crippen LogP contribution in [0, 0.1) is 0 Å². The zero-order chi connectivity index (χ0) is 15.9. The molecule has 0 radical (unpaired) electrons. The Morgan fingerprint density at radius 2 is 2.08 bits per heavy atom. The van der Waals surface area contributed by atoms with Crippen molar-refractivity contribution in [1.29, 1.82) is 0 Å². The van der Waals surface area contributed by atoms with Crippen LogP contribution in [0.15, 0.2) is 12.7 Å². The second kappa shape index (κ2) is 11.2. The third-order valence-electron chi connectivity index (χ3n) is 4.00. The number of fused-ring (bicyclic) bond motifs is 1. The summed E-state index contributed by atoms with van der Waals surface area (Å²) in [7, 11) is 1.70. The van der Waals surface area contributed by atoms with Gasteiger partial charge in [-0.25, -0.2) is 9.97 Å². The second-order valence-electron chi connectivity index (χ2n) is 5.51. The molecule has 25 heavy (non-hydrogen) atoms. The van der Waals surface area contributed by atoms with Crippen LogP contribution in [0.4, 0.5) is 5.82 Å². The molecule has 0 spiro atoms. The Morgan fingerprint density at radius 1 is 1.24 bits per heavy atom. The largest absolute Gasteiger partial charge is 0.383 e. The summed E-state index contributed by atoms with van der Waals surface area (Å²) in [4.78, 5) is 8.83. The molecule has 0 unspecified atom stereocenters. The molecule has 0 bridgehead atoms. The molecule has 0 fully saturated rings. The van der Waals surface area contributed by atoms with Gasteiger partial charge in [-0.05, 0) is 13.0 Å². The maximum Gasteiger partial charge on any atom is 0.134 e. The lowest BCUT2D eigenvalue weighted by Gasteiger charge is -2.12. The highest BCUT2D eigenvalue weighted by molar-refractivity contribution is 5.85. The summed E-state index contributed by atoms with van der Waals surface area (Å²) in [6.45, 7) is 4.15. The number of hydrogen-bond donors (Lipinski definition) is 2. The smallest absolute Gasteiger partial charge is 0.134 e. The topological polar surface area (TPSA) is 89.8 Å². The Hall–Kier alpha value is -1.48. The highest BCUT2D eigenvalue weighted by Gasteiger charge is 2.14. The van der Waals surface area contributed by atoms with Crippen molar-refractivity contribution in [3.05, 3.63) is 29.7 Å². The molecule has 1 aliphatic heterocycles.